The van der Waals surface area contributed by atoms with Crippen molar-refractivity contribution in [1.82, 2.24) is 10.1 Å². The monoisotopic (exact) mass is 273 g/mol. The number of benzene rings is 1. The fourth-order valence-corrected chi connectivity index (χ4v) is 2.51. The van der Waals surface area contributed by atoms with Gasteiger partial charge in [0.1, 0.15) is 11.1 Å². The van der Waals surface area contributed by atoms with E-state index in [1.807, 2.05) is 44.2 Å². The third-order valence-corrected chi connectivity index (χ3v) is 3.94. The van der Waals surface area contributed by atoms with Crippen LogP contribution in [0.1, 0.15) is 44.0 Å². The van der Waals surface area contributed by atoms with E-state index in [1.54, 1.807) is 0 Å². The van der Waals surface area contributed by atoms with Crippen molar-refractivity contribution in [3.63, 3.8) is 0 Å². The molecule has 5 nitrogen and oxygen atoms in total. The molecule has 106 valence electrons. The molecule has 1 aromatic heterocycles. The molecule has 2 heterocycles. The smallest absolute Gasteiger partial charge is 0.251 e. The number of nitrogens with zero attached hydrogens (tertiary/aromatic N) is 2. The molecular weight excluding hydrogens is 254 g/mol. The van der Waals surface area contributed by atoms with Gasteiger partial charge in [-0.3, -0.25) is 0 Å². The molecule has 20 heavy (non-hydrogen) atoms. The highest BCUT2D eigenvalue weighted by Crippen LogP contribution is 2.35. The maximum atomic E-state index is 6.38. The summed E-state index contributed by atoms with van der Waals surface area (Å²) in [6.45, 7) is 4.60. The Balaban J connectivity index is 1.94. The molecule has 0 aliphatic carbocycles. The van der Waals surface area contributed by atoms with Crippen molar-refractivity contribution >= 4 is 0 Å². The molecule has 0 amide bonds. The van der Waals surface area contributed by atoms with Gasteiger partial charge in [-0.1, -0.05) is 35.5 Å². The predicted octanol–water partition coefficient (Wildman–Crippen LogP) is 2.32. The summed E-state index contributed by atoms with van der Waals surface area (Å²) in [6.07, 6.45) is 1.91. The van der Waals surface area contributed by atoms with Crippen LogP contribution in [-0.4, -0.2) is 16.7 Å². The van der Waals surface area contributed by atoms with Crippen molar-refractivity contribution < 1.29 is 9.26 Å². The molecule has 2 aromatic rings. The molecule has 2 N–H and O–H groups in total. The van der Waals surface area contributed by atoms with Gasteiger partial charge >= 0.3 is 0 Å². The summed E-state index contributed by atoms with van der Waals surface area (Å²) in [4.78, 5) is 4.48. The van der Waals surface area contributed by atoms with Crippen molar-refractivity contribution in [1.29, 1.82) is 0 Å². The number of hydrogen-bond donors (Lipinski definition) is 1. The lowest BCUT2D eigenvalue weighted by molar-refractivity contribution is 0.00768. The van der Waals surface area contributed by atoms with Crippen molar-refractivity contribution in [2.75, 3.05) is 6.61 Å². The number of hydrogen-bond acceptors (Lipinski definition) is 5. The van der Waals surface area contributed by atoms with Gasteiger partial charge in [0.15, 0.2) is 0 Å². The zero-order chi connectivity index (χ0) is 14.2. The molecule has 1 fully saturated rings. The standard InChI is InChI=1S/C15H19N3O2/c1-14(9-6-10-19-14)12-17-13(20-18-12)15(2,16)11-7-4-3-5-8-11/h3-5,7-8H,6,9-10,16H2,1-2H3. The molecule has 5 heteroatoms. The molecule has 0 radical (unpaired) electrons. The molecule has 0 spiro atoms. The second-order valence-corrected chi connectivity index (χ2v) is 5.67. The summed E-state index contributed by atoms with van der Waals surface area (Å²) in [5, 5.41) is 4.07. The maximum Gasteiger partial charge on any atom is 0.251 e. The van der Waals surface area contributed by atoms with Crippen LogP contribution in [0.2, 0.25) is 0 Å². The van der Waals surface area contributed by atoms with Gasteiger partial charge in [0.05, 0.1) is 0 Å². The van der Waals surface area contributed by atoms with Gasteiger partial charge in [-0.25, -0.2) is 0 Å². The van der Waals surface area contributed by atoms with Crippen LogP contribution in [0.3, 0.4) is 0 Å². The van der Waals surface area contributed by atoms with Crippen LogP contribution in [0.4, 0.5) is 0 Å². The lowest BCUT2D eigenvalue weighted by atomic mass is 9.93. The molecule has 1 aliphatic heterocycles. The van der Waals surface area contributed by atoms with E-state index in [9.17, 15) is 0 Å². The summed E-state index contributed by atoms with van der Waals surface area (Å²) in [5.41, 5.74) is 6.06. The Bertz CT molecular complexity index is 586. The number of nitrogens with two attached hydrogens (primary N) is 1. The second-order valence-electron chi connectivity index (χ2n) is 5.67. The summed E-state index contributed by atoms with van der Waals surface area (Å²) < 4.78 is 11.1. The normalized spacial score (nSPS) is 25.6. The molecule has 2 atom stereocenters. The summed E-state index contributed by atoms with van der Waals surface area (Å²) >= 11 is 0. The lowest BCUT2D eigenvalue weighted by Crippen LogP contribution is -2.35. The molecule has 2 unspecified atom stereocenters. The van der Waals surface area contributed by atoms with E-state index in [0.717, 1.165) is 25.0 Å². The van der Waals surface area contributed by atoms with Crippen LogP contribution in [0.5, 0.6) is 0 Å². The van der Waals surface area contributed by atoms with E-state index in [0.29, 0.717) is 11.7 Å². The SMILES string of the molecule is CC1(c2noc(C(C)(N)c3ccccc3)n2)CCCO1. The number of rotatable bonds is 3. The van der Waals surface area contributed by atoms with E-state index < -0.39 is 11.1 Å². The Morgan fingerprint density at radius 3 is 2.70 bits per heavy atom. The predicted molar refractivity (Wildman–Crippen MR) is 73.9 cm³/mol. The van der Waals surface area contributed by atoms with Crippen molar-refractivity contribution in [2.45, 2.75) is 37.8 Å². The summed E-state index contributed by atoms with van der Waals surface area (Å²) in [7, 11) is 0. The first kappa shape index (κ1) is 13.3. The second kappa shape index (κ2) is 4.68. The Kier molecular flexibility index (Phi) is 3.11. The minimum absolute atomic E-state index is 0.412. The molecular formula is C15H19N3O2. The van der Waals surface area contributed by atoms with Crippen LogP contribution in [-0.2, 0) is 15.9 Å². The largest absolute Gasteiger partial charge is 0.367 e. The third-order valence-electron chi connectivity index (χ3n) is 3.94. The number of ether oxygens (including phenoxy) is 1. The number of aromatic nitrogens is 2. The lowest BCUT2D eigenvalue weighted by Gasteiger charge is -2.21. The topological polar surface area (TPSA) is 74.2 Å². The Morgan fingerprint density at radius 2 is 2.05 bits per heavy atom. The first-order chi connectivity index (χ1) is 9.52. The van der Waals surface area contributed by atoms with Crippen LogP contribution >= 0.6 is 0 Å². The van der Waals surface area contributed by atoms with Gasteiger partial charge in [-0.05, 0) is 32.3 Å². The molecule has 1 aliphatic rings. The Morgan fingerprint density at radius 1 is 1.30 bits per heavy atom. The summed E-state index contributed by atoms with van der Waals surface area (Å²) in [6, 6.07) is 9.75. The van der Waals surface area contributed by atoms with Crippen molar-refractivity contribution in [3.05, 3.63) is 47.6 Å². The molecule has 1 aromatic carbocycles. The highest BCUT2D eigenvalue weighted by Gasteiger charge is 2.39. The highest BCUT2D eigenvalue weighted by molar-refractivity contribution is 5.29. The fourth-order valence-electron chi connectivity index (χ4n) is 2.51. The van der Waals surface area contributed by atoms with Gasteiger partial charge in [0, 0.05) is 6.61 Å². The van der Waals surface area contributed by atoms with Crippen molar-refractivity contribution in [2.24, 2.45) is 5.73 Å². The summed E-state index contributed by atoms with van der Waals surface area (Å²) in [5.74, 6) is 0.994. The van der Waals surface area contributed by atoms with Crippen LogP contribution in [0, 0.1) is 0 Å². The van der Waals surface area contributed by atoms with Crippen LogP contribution < -0.4 is 5.73 Å². The highest BCUT2D eigenvalue weighted by atomic mass is 16.5. The van der Waals surface area contributed by atoms with E-state index in [2.05, 4.69) is 10.1 Å². The zero-order valence-electron chi connectivity index (χ0n) is 11.8. The fraction of sp³-hybridized carbons (Fsp3) is 0.467. The van der Waals surface area contributed by atoms with Crippen LogP contribution in [0.25, 0.3) is 0 Å². The van der Waals surface area contributed by atoms with Crippen LogP contribution in [0.15, 0.2) is 34.9 Å². The third kappa shape index (κ3) is 2.13. The minimum atomic E-state index is -0.804. The van der Waals surface area contributed by atoms with Gasteiger partial charge in [-0.15, -0.1) is 0 Å². The maximum absolute atomic E-state index is 6.38. The Hall–Kier alpha value is -1.72. The molecule has 3 rings (SSSR count). The van der Waals surface area contributed by atoms with E-state index in [-0.39, 0.29) is 0 Å². The first-order valence-electron chi connectivity index (χ1n) is 6.85. The van der Waals surface area contributed by atoms with Gasteiger partial charge in [0.25, 0.3) is 5.89 Å². The average molecular weight is 273 g/mol. The molecule has 0 saturated carbocycles. The minimum Gasteiger partial charge on any atom is -0.367 e. The Labute approximate surface area is 118 Å². The van der Waals surface area contributed by atoms with Gasteiger partial charge in [0.2, 0.25) is 5.82 Å². The zero-order valence-corrected chi connectivity index (χ0v) is 11.8. The quantitative estimate of drug-likeness (QED) is 0.929. The van der Waals surface area contributed by atoms with Crippen molar-refractivity contribution in [3.8, 4) is 0 Å². The first-order valence-corrected chi connectivity index (χ1v) is 6.85. The van der Waals surface area contributed by atoms with E-state index in [4.69, 9.17) is 15.0 Å². The average Bonchev–Trinajstić information content (AvgIpc) is 3.09. The molecule has 1 saturated heterocycles. The van der Waals surface area contributed by atoms with E-state index in [1.165, 1.54) is 0 Å². The van der Waals surface area contributed by atoms with E-state index >= 15 is 0 Å². The molecule has 0 bridgehead atoms. The van der Waals surface area contributed by atoms with Gasteiger partial charge < -0.3 is 15.0 Å². The van der Waals surface area contributed by atoms with Gasteiger partial charge in [-0.2, -0.15) is 4.98 Å².